The molecule has 0 radical (unpaired) electrons. The van der Waals surface area contributed by atoms with Crippen LogP contribution in [0, 0.1) is 0 Å². The Balaban J connectivity index is 1.17. The molecule has 0 bridgehead atoms. The maximum absolute atomic E-state index is 13.5. The van der Waals surface area contributed by atoms with Crippen LogP contribution in [0.15, 0.2) is 67.0 Å². The number of carbonyl (C=O) groups is 3. The Labute approximate surface area is 243 Å². The fraction of sp³-hybridized carbons (Fsp3) is 0.333. The maximum Gasteiger partial charge on any atom is 0.323 e. The van der Waals surface area contributed by atoms with Gasteiger partial charge in [0.05, 0.1) is 24.1 Å². The number of carbonyl (C=O) groups excluding carboxylic acids is 3. The molecule has 214 valence electrons. The molecular formula is C30H32ClN5O5. The van der Waals surface area contributed by atoms with Crippen LogP contribution in [-0.2, 0) is 16.0 Å². The molecule has 1 aromatic heterocycles. The van der Waals surface area contributed by atoms with E-state index in [-0.39, 0.29) is 43.1 Å². The van der Waals surface area contributed by atoms with Crippen molar-refractivity contribution in [3.8, 4) is 5.75 Å². The maximum atomic E-state index is 13.5. The molecule has 5 rings (SSSR count). The largest absolute Gasteiger partial charge is 0.490 e. The Morgan fingerprint density at radius 3 is 2.61 bits per heavy atom. The second-order valence-corrected chi connectivity index (χ2v) is 10.6. The summed E-state index contributed by atoms with van der Waals surface area (Å²) in [5.74, 6) is 0.105. The molecule has 1 fully saturated rings. The Kier molecular flexibility index (Phi) is 9.01. The number of nitrogens with zero attached hydrogens (tertiary/aromatic N) is 2. The van der Waals surface area contributed by atoms with Gasteiger partial charge in [0.25, 0.3) is 5.91 Å². The molecule has 3 aromatic rings. The van der Waals surface area contributed by atoms with E-state index >= 15 is 0 Å². The summed E-state index contributed by atoms with van der Waals surface area (Å²) >= 11 is 5.99. The normalized spacial score (nSPS) is 20.0. The lowest BCUT2D eigenvalue weighted by Crippen LogP contribution is -2.54. The van der Waals surface area contributed by atoms with Crippen LogP contribution >= 0.6 is 11.6 Å². The van der Waals surface area contributed by atoms with Gasteiger partial charge < -0.3 is 30.3 Å². The van der Waals surface area contributed by atoms with Crippen LogP contribution in [0.25, 0.3) is 0 Å². The van der Waals surface area contributed by atoms with E-state index in [4.69, 9.17) is 21.1 Å². The van der Waals surface area contributed by atoms with Crippen LogP contribution in [0.4, 0.5) is 16.2 Å². The van der Waals surface area contributed by atoms with E-state index in [1.54, 1.807) is 66.8 Å². The number of halogens is 1. The van der Waals surface area contributed by atoms with Crippen molar-refractivity contribution in [1.29, 1.82) is 0 Å². The third-order valence-electron chi connectivity index (χ3n) is 7.25. The number of hydrogen-bond acceptors (Lipinski definition) is 6. The van der Waals surface area contributed by atoms with Crippen molar-refractivity contribution >= 4 is 40.8 Å². The summed E-state index contributed by atoms with van der Waals surface area (Å²) < 4.78 is 12.3. The highest BCUT2D eigenvalue weighted by Crippen LogP contribution is 2.32. The zero-order chi connectivity index (χ0) is 28.8. The lowest BCUT2D eigenvalue weighted by Gasteiger charge is -2.42. The summed E-state index contributed by atoms with van der Waals surface area (Å²) in [6.45, 7) is 0.773. The molecule has 0 spiro atoms. The number of aromatic nitrogens is 1. The van der Waals surface area contributed by atoms with Gasteiger partial charge in [-0.2, -0.15) is 0 Å². The Hall–Kier alpha value is -4.15. The smallest absolute Gasteiger partial charge is 0.323 e. The van der Waals surface area contributed by atoms with Gasteiger partial charge in [-0.15, -0.1) is 0 Å². The first-order valence-corrected chi connectivity index (χ1v) is 13.9. The van der Waals surface area contributed by atoms with Gasteiger partial charge in [0.2, 0.25) is 5.91 Å². The zero-order valence-electron chi connectivity index (χ0n) is 22.6. The number of likely N-dealkylation sites (N-methyl/N-ethyl adjacent to an activating group) is 1. The van der Waals surface area contributed by atoms with Crippen molar-refractivity contribution in [1.82, 2.24) is 15.2 Å². The number of nitrogens with one attached hydrogen (secondary N) is 3. The minimum atomic E-state index is -0.465. The molecule has 3 heterocycles. The van der Waals surface area contributed by atoms with Gasteiger partial charge in [-0.3, -0.25) is 14.6 Å². The molecule has 3 N–H and O–H groups in total. The van der Waals surface area contributed by atoms with E-state index in [0.717, 1.165) is 12.0 Å². The topological polar surface area (TPSA) is 122 Å². The number of amides is 4. The van der Waals surface area contributed by atoms with Crippen molar-refractivity contribution in [3.05, 3.63) is 83.1 Å². The third-order valence-corrected chi connectivity index (χ3v) is 7.49. The summed E-state index contributed by atoms with van der Waals surface area (Å²) in [7, 11) is 1.75. The fourth-order valence-corrected chi connectivity index (χ4v) is 5.33. The number of pyridine rings is 1. The molecule has 41 heavy (non-hydrogen) atoms. The predicted molar refractivity (Wildman–Crippen MR) is 155 cm³/mol. The minimum Gasteiger partial charge on any atom is -0.490 e. The Morgan fingerprint density at radius 1 is 1.05 bits per heavy atom. The van der Waals surface area contributed by atoms with Gasteiger partial charge in [0, 0.05) is 42.4 Å². The summed E-state index contributed by atoms with van der Waals surface area (Å²) in [5, 5.41) is 8.94. The van der Waals surface area contributed by atoms with Gasteiger partial charge in [-0.25, -0.2) is 4.79 Å². The summed E-state index contributed by atoms with van der Waals surface area (Å²) in [5.41, 5.74) is 2.45. The lowest BCUT2D eigenvalue weighted by atomic mass is 9.94. The number of fused-ring (bicyclic) bond motifs is 2. The van der Waals surface area contributed by atoms with E-state index in [9.17, 15) is 14.4 Å². The summed E-state index contributed by atoms with van der Waals surface area (Å²) in [4.78, 5) is 44.2. The Bertz CT molecular complexity index is 1410. The van der Waals surface area contributed by atoms with Crippen LogP contribution in [0.2, 0.25) is 5.02 Å². The molecule has 0 aliphatic carbocycles. The van der Waals surface area contributed by atoms with Crippen molar-refractivity contribution in [2.75, 3.05) is 30.8 Å². The molecule has 11 heteroatoms. The standard InChI is InChI=1S/C30H32ClN5O5/c1-36-25-7-6-23(17-28(37)33-14-11-19-9-12-32-13-10-19)41-27(25)18-40-26-8-5-22(16-24(26)29(36)38)35-30(39)34-21-4-2-3-20(31)15-21/h2-5,8-10,12-13,15-16,23,25,27H,6-7,11,14,17-18H2,1H3,(H,33,37)(H2,34,35,39)/t23-,25-,27-/m1/s1. The van der Waals surface area contributed by atoms with Crippen molar-refractivity contribution in [3.63, 3.8) is 0 Å². The molecule has 3 atom stereocenters. The first kappa shape index (κ1) is 28.4. The minimum absolute atomic E-state index is 0.0662. The fourth-order valence-electron chi connectivity index (χ4n) is 5.14. The molecule has 2 aromatic carbocycles. The van der Waals surface area contributed by atoms with Crippen LogP contribution < -0.4 is 20.7 Å². The van der Waals surface area contributed by atoms with Gasteiger partial charge in [-0.05, 0) is 73.4 Å². The average Bonchev–Trinajstić information content (AvgIpc) is 2.96. The molecule has 0 saturated carbocycles. The number of anilines is 2. The van der Waals surface area contributed by atoms with E-state index in [1.807, 2.05) is 12.1 Å². The van der Waals surface area contributed by atoms with Crippen molar-refractivity contribution in [2.24, 2.45) is 0 Å². The quantitative estimate of drug-likeness (QED) is 0.380. The molecular weight excluding hydrogens is 546 g/mol. The molecule has 4 amide bonds. The van der Waals surface area contributed by atoms with Gasteiger partial charge >= 0.3 is 6.03 Å². The summed E-state index contributed by atoms with van der Waals surface area (Å²) in [6, 6.07) is 14.9. The van der Waals surface area contributed by atoms with Crippen LogP contribution in [0.5, 0.6) is 5.75 Å². The third kappa shape index (κ3) is 7.33. The highest BCUT2D eigenvalue weighted by molar-refractivity contribution is 6.30. The van der Waals surface area contributed by atoms with E-state index in [0.29, 0.717) is 47.1 Å². The number of ether oxygens (including phenoxy) is 2. The van der Waals surface area contributed by atoms with Gasteiger partial charge in [-0.1, -0.05) is 17.7 Å². The van der Waals surface area contributed by atoms with E-state index in [1.165, 1.54) is 0 Å². The van der Waals surface area contributed by atoms with Crippen molar-refractivity contribution in [2.45, 2.75) is 43.9 Å². The van der Waals surface area contributed by atoms with E-state index < -0.39 is 6.03 Å². The first-order chi connectivity index (χ1) is 19.9. The summed E-state index contributed by atoms with van der Waals surface area (Å²) in [6.07, 6.45) is 5.15. The lowest BCUT2D eigenvalue weighted by molar-refractivity contribution is -0.134. The second kappa shape index (κ2) is 13.0. The average molecular weight is 578 g/mol. The number of hydrogen-bond donors (Lipinski definition) is 3. The van der Waals surface area contributed by atoms with Gasteiger partial charge in [0.15, 0.2) is 0 Å². The first-order valence-electron chi connectivity index (χ1n) is 13.5. The molecule has 10 nitrogen and oxygen atoms in total. The second-order valence-electron chi connectivity index (χ2n) is 10.1. The molecule has 2 aliphatic rings. The van der Waals surface area contributed by atoms with Crippen LogP contribution in [0.1, 0.15) is 35.2 Å². The highest BCUT2D eigenvalue weighted by Gasteiger charge is 2.39. The molecule has 0 unspecified atom stereocenters. The monoisotopic (exact) mass is 577 g/mol. The van der Waals surface area contributed by atoms with Crippen LogP contribution in [0.3, 0.4) is 0 Å². The zero-order valence-corrected chi connectivity index (χ0v) is 23.4. The van der Waals surface area contributed by atoms with Crippen LogP contribution in [-0.4, -0.2) is 66.2 Å². The van der Waals surface area contributed by atoms with E-state index in [2.05, 4.69) is 20.9 Å². The van der Waals surface area contributed by atoms with Crippen molar-refractivity contribution < 1.29 is 23.9 Å². The molecule has 2 aliphatic heterocycles. The molecule has 1 saturated heterocycles. The number of rotatable bonds is 7. The van der Waals surface area contributed by atoms with Gasteiger partial charge in [0.1, 0.15) is 18.5 Å². The highest BCUT2D eigenvalue weighted by atomic mass is 35.5. The predicted octanol–water partition coefficient (Wildman–Crippen LogP) is 4.51. The number of urea groups is 1. The number of benzene rings is 2. The Morgan fingerprint density at radius 2 is 1.83 bits per heavy atom. The SMILES string of the molecule is CN1C(=O)c2cc(NC(=O)Nc3cccc(Cl)c3)ccc2OC[C@H]2O[C@@H](CC(=O)NCCc3ccncc3)CC[C@H]21.